The Bertz CT molecular complexity index is 463. The minimum atomic E-state index is -1.34. The summed E-state index contributed by atoms with van der Waals surface area (Å²) in [5.41, 5.74) is -1.19. The molecule has 1 aromatic carbocycles. The van der Waals surface area contributed by atoms with Gasteiger partial charge in [0, 0.05) is 12.5 Å². The average molecular weight is 268 g/mol. The van der Waals surface area contributed by atoms with E-state index in [0.29, 0.717) is 12.8 Å². The van der Waals surface area contributed by atoms with Crippen molar-refractivity contribution >= 4 is 5.78 Å². The first-order valence-corrected chi connectivity index (χ1v) is 6.71. The van der Waals surface area contributed by atoms with Crippen LogP contribution in [0.2, 0.25) is 0 Å². The molecule has 0 saturated heterocycles. The number of Topliss-reactive ketones (excluding diaryl/α,β-unsaturated/α-hetero) is 1. The molecule has 19 heavy (non-hydrogen) atoms. The molecule has 0 amide bonds. The second kappa shape index (κ2) is 5.78. The van der Waals surface area contributed by atoms with E-state index < -0.39 is 17.2 Å². The number of carbonyl (C=O) groups is 1. The van der Waals surface area contributed by atoms with E-state index in [-0.39, 0.29) is 17.8 Å². The molecular weight excluding hydrogens is 250 g/mol. The smallest absolute Gasteiger partial charge is 0.168 e. The van der Waals surface area contributed by atoms with Gasteiger partial charge in [-0.1, -0.05) is 31.7 Å². The quantitative estimate of drug-likeness (QED) is 0.855. The molecule has 2 nitrogen and oxygen atoms in total. The highest BCUT2D eigenvalue weighted by molar-refractivity contribution is 5.89. The van der Waals surface area contributed by atoms with Gasteiger partial charge in [0.2, 0.25) is 0 Å². The first-order valence-electron chi connectivity index (χ1n) is 6.71. The molecule has 104 valence electrons. The van der Waals surface area contributed by atoms with E-state index in [2.05, 4.69) is 0 Å². The van der Waals surface area contributed by atoms with Gasteiger partial charge in [-0.3, -0.25) is 4.79 Å². The van der Waals surface area contributed by atoms with Crippen LogP contribution in [0.1, 0.15) is 44.1 Å². The summed E-state index contributed by atoms with van der Waals surface area (Å²) in [6.45, 7) is 0. The van der Waals surface area contributed by atoms with Crippen LogP contribution < -0.4 is 0 Å². The van der Waals surface area contributed by atoms with Crippen molar-refractivity contribution in [1.29, 1.82) is 0 Å². The van der Waals surface area contributed by atoms with Crippen LogP contribution in [0.4, 0.5) is 8.78 Å². The van der Waals surface area contributed by atoms with Crippen LogP contribution in [-0.4, -0.2) is 16.5 Å². The van der Waals surface area contributed by atoms with Crippen LogP contribution in [0.15, 0.2) is 18.2 Å². The summed E-state index contributed by atoms with van der Waals surface area (Å²) >= 11 is 0. The fourth-order valence-corrected chi connectivity index (χ4v) is 2.59. The van der Waals surface area contributed by atoms with Gasteiger partial charge in [0.25, 0.3) is 0 Å². The van der Waals surface area contributed by atoms with E-state index >= 15 is 0 Å². The summed E-state index contributed by atoms with van der Waals surface area (Å²) in [5, 5.41) is 10.4. The first kappa shape index (κ1) is 14.1. The molecule has 0 aromatic heterocycles. The number of aliphatic hydroxyl groups is 1. The van der Waals surface area contributed by atoms with Gasteiger partial charge < -0.3 is 5.11 Å². The number of benzene rings is 1. The van der Waals surface area contributed by atoms with Crippen LogP contribution in [-0.2, 0) is 11.2 Å². The van der Waals surface area contributed by atoms with Crippen molar-refractivity contribution in [2.45, 2.75) is 50.5 Å². The van der Waals surface area contributed by atoms with Crippen molar-refractivity contribution in [2.75, 3.05) is 0 Å². The summed E-state index contributed by atoms with van der Waals surface area (Å²) in [6.07, 6.45) is 4.36. The van der Waals surface area contributed by atoms with Gasteiger partial charge in [-0.2, -0.15) is 0 Å². The third-order valence-electron chi connectivity index (χ3n) is 3.82. The van der Waals surface area contributed by atoms with E-state index in [1.54, 1.807) is 0 Å². The molecule has 1 aromatic rings. The summed E-state index contributed by atoms with van der Waals surface area (Å²) in [7, 11) is 0. The van der Waals surface area contributed by atoms with Crippen molar-refractivity contribution in [1.82, 2.24) is 0 Å². The highest BCUT2D eigenvalue weighted by Gasteiger charge is 2.35. The number of ketones is 1. The van der Waals surface area contributed by atoms with Gasteiger partial charge in [0.05, 0.1) is 0 Å². The summed E-state index contributed by atoms with van der Waals surface area (Å²) < 4.78 is 26.3. The van der Waals surface area contributed by atoms with Crippen molar-refractivity contribution < 1.29 is 18.7 Å². The molecule has 0 heterocycles. The van der Waals surface area contributed by atoms with Gasteiger partial charge in [-0.15, -0.1) is 0 Å². The summed E-state index contributed by atoms with van der Waals surface area (Å²) in [6, 6.07) is 3.16. The number of hydrogen-bond acceptors (Lipinski definition) is 2. The lowest BCUT2D eigenvalue weighted by Gasteiger charge is -2.25. The molecule has 0 unspecified atom stereocenters. The molecule has 1 aliphatic carbocycles. The zero-order valence-electron chi connectivity index (χ0n) is 10.8. The lowest BCUT2D eigenvalue weighted by molar-refractivity contribution is -0.138. The Morgan fingerprint density at radius 1 is 1.16 bits per heavy atom. The molecule has 0 atom stereocenters. The van der Waals surface area contributed by atoms with Gasteiger partial charge in [0.15, 0.2) is 5.78 Å². The van der Waals surface area contributed by atoms with Gasteiger partial charge >= 0.3 is 0 Å². The maximum atomic E-state index is 13.5. The second-order valence-electron chi connectivity index (χ2n) is 5.28. The van der Waals surface area contributed by atoms with Gasteiger partial charge in [-0.05, 0) is 24.5 Å². The number of hydrogen-bond donors (Lipinski definition) is 1. The van der Waals surface area contributed by atoms with Crippen LogP contribution in [0.3, 0.4) is 0 Å². The molecule has 0 aliphatic heterocycles. The Balaban J connectivity index is 2.11. The third-order valence-corrected chi connectivity index (χ3v) is 3.82. The van der Waals surface area contributed by atoms with Crippen LogP contribution >= 0.6 is 0 Å². The topological polar surface area (TPSA) is 37.3 Å². The first-order chi connectivity index (χ1) is 9.01. The lowest BCUT2D eigenvalue weighted by atomic mass is 9.86. The Labute approximate surface area is 111 Å². The molecular formula is C15H18F2O2. The van der Waals surface area contributed by atoms with E-state index in [0.717, 1.165) is 37.8 Å². The third kappa shape index (κ3) is 3.38. The fraction of sp³-hybridized carbons (Fsp3) is 0.533. The van der Waals surface area contributed by atoms with Crippen LogP contribution in [0, 0.1) is 11.6 Å². The number of halogens is 2. The molecule has 1 N–H and O–H groups in total. The summed E-state index contributed by atoms with van der Waals surface area (Å²) in [4.78, 5) is 12.2. The SMILES string of the molecule is O=C(Cc1ccc(F)cc1F)C1(O)CCCCCC1. The highest BCUT2D eigenvalue weighted by Crippen LogP contribution is 2.29. The zero-order valence-corrected chi connectivity index (χ0v) is 10.8. The molecule has 1 saturated carbocycles. The van der Waals surface area contributed by atoms with Crippen molar-refractivity contribution in [3.05, 3.63) is 35.4 Å². The molecule has 1 aliphatic rings. The maximum absolute atomic E-state index is 13.5. The minimum absolute atomic E-state index is 0.143. The maximum Gasteiger partial charge on any atom is 0.168 e. The molecule has 1 fully saturated rings. The Hall–Kier alpha value is -1.29. The van der Waals surface area contributed by atoms with Crippen molar-refractivity contribution in [2.24, 2.45) is 0 Å². The molecule has 4 heteroatoms. The lowest BCUT2D eigenvalue weighted by Crippen LogP contribution is -2.39. The average Bonchev–Trinajstić information content (AvgIpc) is 2.58. The normalized spacial score (nSPS) is 18.9. The molecule has 2 rings (SSSR count). The Morgan fingerprint density at radius 2 is 1.79 bits per heavy atom. The van der Waals surface area contributed by atoms with Crippen molar-refractivity contribution in [3.8, 4) is 0 Å². The predicted molar refractivity (Wildman–Crippen MR) is 67.7 cm³/mol. The molecule has 0 radical (unpaired) electrons. The Kier molecular flexibility index (Phi) is 4.30. The summed E-state index contributed by atoms with van der Waals surface area (Å²) in [5.74, 6) is -1.76. The van der Waals surface area contributed by atoms with Gasteiger partial charge in [-0.25, -0.2) is 8.78 Å². The second-order valence-corrected chi connectivity index (χ2v) is 5.28. The van der Waals surface area contributed by atoms with E-state index in [9.17, 15) is 18.7 Å². The van der Waals surface area contributed by atoms with Crippen LogP contribution in [0.5, 0.6) is 0 Å². The minimum Gasteiger partial charge on any atom is -0.382 e. The molecule has 0 spiro atoms. The predicted octanol–water partition coefficient (Wildman–Crippen LogP) is 3.16. The van der Waals surface area contributed by atoms with Crippen LogP contribution in [0.25, 0.3) is 0 Å². The Morgan fingerprint density at radius 3 is 2.37 bits per heavy atom. The largest absolute Gasteiger partial charge is 0.382 e. The van der Waals surface area contributed by atoms with Gasteiger partial charge in [0.1, 0.15) is 17.2 Å². The number of rotatable bonds is 3. The van der Waals surface area contributed by atoms with E-state index in [1.807, 2.05) is 0 Å². The van der Waals surface area contributed by atoms with E-state index in [4.69, 9.17) is 0 Å². The molecule has 0 bridgehead atoms. The monoisotopic (exact) mass is 268 g/mol. The standard InChI is InChI=1S/C15H18F2O2/c16-12-6-5-11(13(17)10-12)9-14(18)15(19)7-3-1-2-4-8-15/h5-6,10,19H,1-4,7-9H2. The highest BCUT2D eigenvalue weighted by atomic mass is 19.1. The number of carbonyl (C=O) groups excluding carboxylic acids is 1. The van der Waals surface area contributed by atoms with Crippen molar-refractivity contribution in [3.63, 3.8) is 0 Å². The fourth-order valence-electron chi connectivity index (χ4n) is 2.59. The zero-order chi connectivity index (χ0) is 13.9. The van der Waals surface area contributed by atoms with E-state index in [1.165, 1.54) is 6.07 Å².